The molecule has 0 fully saturated rings. The van der Waals surface area contributed by atoms with Crippen molar-refractivity contribution in [1.29, 1.82) is 0 Å². The average molecular weight is 385 g/mol. The highest BCUT2D eigenvalue weighted by molar-refractivity contribution is 5.96. The van der Waals surface area contributed by atoms with E-state index in [0.29, 0.717) is 29.7 Å². The lowest BCUT2D eigenvalue weighted by Crippen LogP contribution is -2.13. The van der Waals surface area contributed by atoms with Gasteiger partial charge in [0.25, 0.3) is 0 Å². The van der Waals surface area contributed by atoms with Gasteiger partial charge < -0.3 is 9.73 Å². The van der Waals surface area contributed by atoms with Crippen LogP contribution in [0.5, 0.6) is 0 Å². The van der Waals surface area contributed by atoms with Crippen LogP contribution in [0.3, 0.4) is 0 Å². The molecule has 0 saturated carbocycles. The molecule has 2 nitrogen and oxygen atoms in total. The fraction of sp³-hybridized carbons (Fsp3) is 0.304. The van der Waals surface area contributed by atoms with Gasteiger partial charge in [-0.3, -0.25) is 0 Å². The number of alkyl halides is 3. The average Bonchev–Trinajstić information content (AvgIpc) is 3.00. The van der Waals surface area contributed by atoms with Crippen molar-refractivity contribution in [3.8, 4) is 0 Å². The predicted molar refractivity (Wildman–Crippen MR) is 107 cm³/mol. The highest BCUT2D eigenvalue weighted by Crippen LogP contribution is 2.44. The Kier molecular flexibility index (Phi) is 4.29. The Morgan fingerprint density at radius 2 is 1.68 bits per heavy atom. The molecule has 0 aliphatic heterocycles. The molecule has 0 saturated heterocycles. The van der Waals surface area contributed by atoms with Gasteiger partial charge in [0.2, 0.25) is 0 Å². The molecule has 1 heterocycles. The number of halogens is 3. The van der Waals surface area contributed by atoms with Gasteiger partial charge in [-0.2, -0.15) is 13.2 Å². The zero-order valence-electron chi connectivity index (χ0n) is 16.1. The van der Waals surface area contributed by atoms with Crippen LogP contribution in [0.15, 0.2) is 53.0 Å². The minimum Gasteiger partial charge on any atom is -0.454 e. The number of hydrogen-bond acceptors (Lipinski definition) is 2. The Hall–Kier alpha value is -2.69. The molecular formula is C23H22F3NO. The smallest absolute Gasteiger partial charge is 0.419 e. The molecule has 0 bridgehead atoms. The van der Waals surface area contributed by atoms with Crippen LogP contribution in [0.4, 0.5) is 24.5 Å². The number of nitrogens with one attached hydrogen (secondary N) is 1. The minimum atomic E-state index is -4.42. The molecule has 0 spiro atoms. The molecule has 1 N–H and O–H groups in total. The van der Waals surface area contributed by atoms with Gasteiger partial charge in [0.15, 0.2) is 5.58 Å². The van der Waals surface area contributed by atoms with Crippen LogP contribution < -0.4 is 5.32 Å². The lowest BCUT2D eigenvalue weighted by Gasteiger charge is -2.19. The Morgan fingerprint density at radius 3 is 2.32 bits per heavy atom. The fourth-order valence-corrected chi connectivity index (χ4v) is 3.64. The fourth-order valence-electron chi connectivity index (χ4n) is 3.64. The van der Waals surface area contributed by atoms with E-state index in [2.05, 4.69) is 38.2 Å². The summed E-state index contributed by atoms with van der Waals surface area (Å²) in [5, 5.41) is 4.03. The predicted octanol–water partition coefficient (Wildman–Crippen LogP) is 7.37. The van der Waals surface area contributed by atoms with Crippen molar-refractivity contribution in [3.63, 3.8) is 0 Å². The second-order valence-corrected chi connectivity index (χ2v) is 8.20. The minimum absolute atomic E-state index is 0.0499. The van der Waals surface area contributed by atoms with Crippen molar-refractivity contribution in [2.45, 2.75) is 45.2 Å². The van der Waals surface area contributed by atoms with Crippen molar-refractivity contribution in [1.82, 2.24) is 0 Å². The van der Waals surface area contributed by atoms with Gasteiger partial charge in [-0.25, -0.2) is 0 Å². The van der Waals surface area contributed by atoms with E-state index in [9.17, 15) is 13.2 Å². The van der Waals surface area contributed by atoms with Crippen LogP contribution in [0, 0.1) is 0 Å². The van der Waals surface area contributed by atoms with Gasteiger partial charge >= 0.3 is 6.18 Å². The van der Waals surface area contributed by atoms with E-state index in [1.807, 2.05) is 30.3 Å². The SMILES string of the molecule is CC(C)(C)c1ccc(Nc2cccc3c4c(oc23)C(C(F)(F)F)=CCC4)cc1. The number of para-hydroxylation sites is 1. The van der Waals surface area contributed by atoms with Crippen LogP contribution in [-0.2, 0) is 11.8 Å². The highest BCUT2D eigenvalue weighted by Gasteiger charge is 2.40. The summed E-state index contributed by atoms with van der Waals surface area (Å²) in [7, 11) is 0. The van der Waals surface area contributed by atoms with Gasteiger partial charge in [-0.1, -0.05) is 51.1 Å². The van der Waals surface area contributed by atoms with Crippen LogP contribution in [-0.4, -0.2) is 6.18 Å². The molecular weight excluding hydrogens is 363 g/mol. The van der Waals surface area contributed by atoms with Crippen molar-refractivity contribution in [2.75, 3.05) is 5.32 Å². The first-order chi connectivity index (χ1) is 13.1. The molecule has 4 rings (SSSR count). The van der Waals surface area contributed by atoms with Crippen LogP contribution >= 0.6 is 0 Å². The zero-order chi connectivity index (χ0) is 20.1. The summed E-state index contributed by atoms with van der Waals surface area (Å²) in [5.74, 6) is -0.0499. The first kappa shape index (κ1) is 18.7. The van der Waals surface area contributed by atoms with Gasteiger partial charge in [0.1, 0.15) is 5.76 Å². The third-order valence-electron chi connectivity index (χ3n) is 5.14. The Balaban J connectivity index is 1.74. The first-order valence-corrected chi connectivity index (χ1v) is 9.34. The van der Waals surface area contributed by atoms with E-state index in [4.69, 9.17) is 4.42 Å². The lowest BCUT2D eigenvalue weighted by molar-refractivity contribution is -0.0703. The molecule has 0 atom stereocenters. The highest BCUT2D eigenvalue weighted by atomic mass is 19.4. The Morgan fingerprint density at radius 1 is 0.964 bits per heavy atom. The molecule has 1 aliphatic carbocycles. The molecule has 1 aliphatic rings. The summed E-state index contributed by atoms with van der Waals surface area (Å²) in [6.45, 7) is 6.44. The molecule has 28 heavy (non-hydrogen) atoms. The van der Waals surface area contributed by atoms with E-state index in [1.54, 1.807) is 0 Å². The summed E-state index contributed by atoms with van der Waals surface area (Å²) in [6.07, 6.45) is -2.28. The summed E-state index contributed by atoms with van der Waals surface area (Å²) >= 11 is 0. The molecule has 1 aromatic heterocycles. The standard InChI is InChI=1S/C23H22F3NO/c1-22(2,3)14-10-12-15(13-11-14)27-19-9-5-7-17-16-6-4-8-18(23(24,25)26)20(16)28-21(17)19/h5,7-13,27H,4,6H2,1-3H3. The molecule has 0 amide bonds. The van der Waals surface area contributed by atoms with Crippen LogP contribution in [0.2, 0.25) is 0 Å². The summed E-state index contributed by atoms with van der Waals surface area (Å²) in [6, 6.07) is 13.6. The quantitative estimate of drug-likeness (QED) is 0.498. The second kappa shape index (κ2) is 6.43. The number of anilines is 2. The van der Waals surface area contributed by atoms with E-state index in [1.165, 1.54) is 11.6 Å². The van der Waals surface area contributed by atoms with Crippen molar-refractivity contribution >= 4 is 27.9 Å². The number of rotatable bonds is 2. The first-order valence-electron chi connectivity index (χ1n) is 9.34. The topological polar surface area (TPSA) is 25.2 Å². The van der Waals surface area contributed by atoms with Crippen molar-refractivity contribution in [2.24, 2.45) is 0 Å². The molecule has 0 radical (unpaired) electrons. The monoisotopic (exact) mass is 385 g/mol. The van der Waals surface area contributed by atoms with Crippen LogP contribution in [0.1, 0.15) is 44.1 Å². The van der Waals surface area contributed by atoms with Gasteiger partial charge in [0.05, 0.1) is 11.3 Å². The van der Waals surface area contributed by atoms with Gasteiger partial charge in [-0.15, -0.1) is 0 Å². The third-order valence-corrected chi connectivity index (χ3v) is 5.14. The van der Waals surface area contributed by atoms with Crippen molar-refractivity contribution in [3.05, 3.63) is 65.4 Å². The number of fused-ring (bicyclic) bond motifs is 3. The third kappa shape index (κ3) is 3.30. The van der Waals surface area contributed by atoms with Crippen molar-refractivity contribution < 1.29 is 17.6 Å². The largest absolute Gasteiger partial charge is 0.454 e. The Labute approximate surface area is 162 Å². The number of aryl methyl sites for hydroxylation is 1. The van der Waals surface area contributed by atoms with Gasteiger partial charge in [0, 0.05) is 16.6 Å². The lowest BCUT2D eigenvalue weighted by atomic mass is 9.87. The summed E-state index contributed by atoms with van der Waals surface area (Å²) in [5.41, 5.74) is 3.22. The van der Waals surface area contributed by atoms with E-state index < -0.39 is 11.7 Å². The Bertz CT molecular complexity index is 1050. The van der Waals surface area contributed by atoms with E-state index in [0.717, 1.165) is 11.1 Å². The number of allylic oxidation sites excluding steroid dienone is 2. The number of hydrogen-bond donors (Lipinski definition) is 1. The molecule has 0 unspecified atom stereocenters. The normalized spacial score (nSPS) is 14.7. The molecule has 146 valence electrons. The maximum absolute atomic E-state index is 13.4. The molecule has 3 aromatic rings. The maximum atomic E-state index is 13.4. The summed E-state index contributed by atoms with van der Waals surface area (Å²) in [4.78, 5) is 0. The number of benzene rings is 2. The van der Waals surface area contributed by atoms with E-state index in [-0.39, 0.29) is 11.2 Å². The molecule has 5 heteroatoms. The molecule has 2 aromatic carbocycles. The van der Waals surface area contributed by atoms with Crippen LogP contribution in [0.25, 0.3) is 16.5 Å². The maximum Gasteiger partial charge on any atom is 0.419 e. The summed E-state index contributed by atoms with van der Waals surface area (Å²) < 4.78 is 45.9. The zero-order valence-corrected chi connectivity index (χ0v) is 16.1. The second-order valence-electron chi connectivity index (χ2n) is 8.20. The van der Waals surface area contributed by atoms with Gasteiger partial charge in [-0.05, 0) is 42.0 Å². The van der Waals surface area contributed by atoms with E-state index >= 15 is 0 Å². The number of furan rings is 1.